The number of esters is 1. The van der Waals surface area contributed by atoms with E-state index in [1.165, 1.54) is 12.1 Å². The first-order chi connectivity index (χ1) is 11.1. The molecule has 0 bridgehead atoms. The average molecular weight is 310 g/mol. The fraction of sp³-hybridized carbons (Fsp3) is 0.111. The van der Waals surface area contributed by atoms with E-state index in [9.17, 15) is 14.0 Å². The molecule has 1 aromatic heterocycles. The first-order valence-corrected chi connectivity index (χ1v) is 7.15. The normalized spacial score (nSPS) is 16.9. The van der Waals surface area contributed by atoms with Gasteiger partial charge in [-0.05, 0) is 29.8 Å². The second kappa shape index (κ2) is 5.05. The van der Waals surface area contributed by atoms with Crippen LogP contribution in [-0.4, -0.2) is 5.97 Å². The van der Waals surface area contributed by atoms with Crippen LogP contribution in [0.5, 0.6) is 5.75 Å². The quantitative estimate of drug-likeness (QED) is 0.511. The number of halogens is 1. The van der Waals surface area contributed by atoms with Crippen LogP contribution in [0.3, 0.4) is 0 Å². The van der Waals surface area contributed by atoms with E-state index in [2.05, 4.69) is 0 Å². The second-order valence-electron chi connectivity index (χ2n) is 5.41. The van der Waals surface area contributed by atoms with Crippen LogP contribution in [0.25, 0.3) is 11.0 Å². The minimum absolute atomic E-state index is 0.0156. The fourth-order valence-electron chi connectivity index (χ4n) is 2.95. The van der Waals surface area contributed by atoms with E-state index in [4.69, 9.17) is 9.15 Å². The number of hydrogen-bond donors (Lipinski definition) is 0. The highest BCUT2D eigenvalue weighted by Crippen LogP contribution is 2.40. The molecule has 114 valence electrons. The molecule has 0 radical (unpaired) electrons. The maximum Gasteiger partial charge on any atom is 0.343 e. The Balaban J connectivity index is 2.00. The highest BCUT2D eigenvalue weighted by molar-refractivity contribution is 5.90. The van der Waals surface area contributed by atoms with Crippen LogP contribution in [-0.2, 0) is 4.79 Å². The first-order valence-electron chi connectivity index (χ1n) is 7.15. The molecule has 23 heavy (non-hydrogen) atoms. The Morgan fingerprint density at radius 1 is 1.00 bits per heavy atom. The highest BCUT2D eigenvalue weighted by atomic mass is 19.1. The Morgan fingerprint density at radius 3 is 2.52 bits per heavy atom. The summed E-state index contributed by atoms with van der Waals surface area (Å²) in [4.78, 5) is 24.4. The summed E-state index contributed by atoms with van der Waals surface area (Å²) in [7, 11) is 0. The minimum Gasteiger partial charge on any atom is -0.425 e. The van der Waals surface area contributed by atoms with Crippen molar-refractivity contribution in [1.82, 2.24) is 0 Å². The van der Waals surface area contributed by atoms with Crippen molar-refractivity contribution in [2.24, 2.45) is 0 Å². The number of ether oxygens (including phenoxy) is 1. The molecule has 4 rings (SSSR count). The molecule has 0 aliphatic carbocycles. The van der Waals surface area contributed by atoms with Gasteiger partial charge in [0.2, 0.25) is 0 Å². The predicted octanol–water partition coefficient (Wildman–Crippen LogP) is 3.37. The molecule has 4 nitrogen and oxygen atoms in total. The SMILES string of the molecule is O=C1C[C@H](c2ccc(F)cc2)c2c(c3ccccc3oc2=O)O1. The highest BCUT2D eigenvalue weighted by Gasteiger charge is 2.33. The van der Waals surface area contributed by atoms with Gasteiger partial charge in [0, 0.05) is 5.92 Å². The van der Waals surface area contributed by atoms with Gasteiger partial charge in [0.1, 0.15) is 11.4 Å². The van der Waals surface area contributed by atoms with Crippen LogP contribution >= 0.6 is 0 Å². The third kappa shape index (κ3) is 2.21. The number of para-hydroxylation sites is 1. The van der Waals surface area contributed by atoms with Crippen LogP contribution in [0.2, 0.25) is 0 Å². The van der Waals surface area contributed by atoms with Gasteiger partial charge in [-0.2, -0.15) is 0 Å². The molecule has 0 amide bonds. The molecule has 0 unspecified atom stereocenters. The smallest absolute Gasteiger partial charge is 0.343 e. The number of fused-ring (bicyclic) bond motifs is 3. The zero-order chi connectivity index (χ0) is 16.0. The van der Waals surface area contributed by atoms with Crippen molar-refractivity contribution >= 4 is 16.9 Å². The van der Waals surface area contributed by atoms with E-state index in [-0.39, 0.29) is 18.0 Å². The summed E-state index contributed by atoms with van der Waals surface area (Å²) in [6.45, 7) is 0. The minimum atomic E-state index is -0.541. The van der Waals surface area contributed by atoms with Crippen molar-refractivity contribution in [2.45, 2.75) is 12.3 Å². The van der Waals surface area contributed by atoms with Crippen molar-refractivity contribution in [2.75, 3.05) is 0 Å². The average Bonchev–Trinajstić information content (AvgIpc) is 2.55. The lowest BCUT2D eigenvalue weighted by atomic mass is 9.87. The molecule has 0 saturated heterocycles. The van der Waals surface area contributed by atoms with Crippen molar-refractivity contribution < 1.29 is 18.3 Å². The molecular weight excluding hydrogens is 299 g/mol. The van der Waals surface area contributed by atoms with Crippen LogP contribution < -0.4 is 10.4 Å². The maximum absolute atomic E-state index is 13.1. The molecule has 1 atom stereocenters. The molecular formula is C18H11FO4. The summed E-state index contributed by atoms with van der Waals surface area (Å²) >= 11 is 0. The van der Waals surface area contributed by atoms with Gasteiger partial charge in [-0.15, -0.1) is 0 Å². The van der Waals surface area contributed by atoms with Crippen molar-refractivity contribution in [1.29, 1.82) is 0 Å². The van der Waals surface area contributed by atoms with Gasteiger partial charge >= 0.3 is 11.6 Å². The Morgan fingerprint density at radius 2 is 1.74 bits per heavy atom. The van der Waals surface area contributed by atoms with Gasteiger partial charge in [-0.25, -0.2) is 9.18 Å². The van der Waals surface area contributed by atoms with Crippen molar-refractivity contribution in [3.05, 3.63) is 75.9 Å². The van der Waals surface area contributed by atoms with Gasteiger partial charge < -0.3 is 9.15 Å². The monoisotopic (exact) mass is 310 g/mol. The zero-order valence-corrected chi connectivity index (χ0v) is 11.9. The number of hydrogen-bond acceptors (Lipinski definition) is 4. The standard InChI is InChI=1S/C18H11FO4/c19-11-7-5-10(6-8-11)13-9-15(20)23-17-12-3-1-2-4-14(12)22-18(21)16(13)17/h1-8,13H,9H2/t13-/m1/s1. The number of benzene rings is 2. The Labute approximate surface area is 130 Å². The topological polar surface area (TPSA) is 56.5 Å². The molecule has 0 fully saturated rings. The van der Waals surface area contributed by atoms with Crippen LogP contribution in [0.15, 0.2) is 57.7 Å². The summed E-state index contributed by atoms with van der Waals surface area (Å²) in [6.07, 6.45) is 0.0156. The summed E-state index contributed by atoms with van der Waals surface area (Å²) in [5, 5.41) is 0.572. The Hall–Kier alpha value is -2.95. The maximum atomic E-state index is 13.1. The molecule has 0 saturated carbocycles. The molecule has 0 spiro atoms. The lowest BCUT2D eigenvalue weighted by Gasteiger charge is -2.24. The lowest BCUT2D eigenvalue weighted by molar-refractivity contribution is -0.135. The van der Waals surface area contributed by atoms with E-state index >= 15 is 0 Å². The molecule has 5 heteroatoms. The van der Waals surface area contributed by atoms with Gasteiger partial charge in [-0.1, -0.05) is 24.3 Å². The molecule has 1 aliphatic rings. The van der Waals surface area contributed by atoms with E-state index in [0.29, 0.717) is 22.1 Å². The van der Waals surface area contributed by atoms with E-state index in [1.54, 1.807) is 36.4 Å². The van der Waals surface area contributed by atoms with Gasteiger partial charge in [0.15, 0.2) is 5.75 Å². The molecule has 2 heterocycles. The van der Waals surface area contributed by atoms with Gasteiger partial charge in [0.25, 0.3) is 0 Å². The fourth-order valence-corrected chi connectivity index (χ4v) is 2.95. The zero-order valence-electron chi connectivity index (χ0n) is 11.9. The molecule has 0 N–H and O–H groups in total. The lowest BCUT2D eigenvalue weighted by Crippen LogP contribution is -2.26. The Bertz CT molecular complexity index is 972. The summed E-state index contributed by atoms with van der Waals surface area (Å²) in [5.74, 6) is -1.07. The van der Waals surface area contributed by atoms with Gasteiger partial charge in [-0.3, -0.25) is 4.79 Å². The number of carbonyl (C=O) groups excluding carboxylic acids is 1. The number of carbonyl (C=O) groups is 1. The van der Waals surface area contributed by atoms with Crippen molar-refractivity contribution in [3.63, 3.8) is 0 Å². The number of rotatable bonds is 1. The van der Waals surface area contributed by atoms with E-state index < -0.39 is 17.5 Å². The summed E-state index contributed by atoms with van der Waals surface area (Å²) in [5.41, 5.74) is 0.797. The van der Waals surface area contributed by atoms with E-state index in [1.807, 2.05) is 0 Å². The van der Waals surface area contributed by atoms with Crippen LogP contribution in [0, 0.1) is 5.82 Å². The summed E-state index contributed by atoms with van der Waals surface area (Å²) < 4.78 is 23.8. The molecule has 1 aliphatic heterocycles. The summed E-state index contributed by atoms with van der Waals surface area (Å²) in [6, 6.07) is 12.6. The third-order valence-corrected chi connectivity index (χ3v) is 4.01. The first kappa shape index (κ1) is 13.7. The van der Waals surface area contributed by atoms with Crippen molar-refractivity contribution in [3.8, 4) is 5.75 Å². The third-order valence-electron chi connectivity index (χ3n) is 4.01. The Kier molecular flexibility index (Phi) is 3.01. The molecule has 2 aromatic carbocycles. The second-order valence-corrected chi connectivity index (χ2v) is 5.41. The molecule has 3 aromatic rings. The largest absolute Gasteiger partial charge is 0.425 e. The van der Waals surface area contributed by atoms with Crippen LogP contribution in [0.4, 0.5) is 4.39 Å². The van der Waals surface area contributed by atoms with Crippen LogP contribution in [0.1, 0.15) is 23.5 Å². The van der Waals surface area contributed by atoms with Gasteiger partial charge in [0.05, 0.1) is 17.4 Å². The van der Waals surface area contributed by atoms with E-state index in [0.717, 1.165) is 0 Å². The predicted molar refractivity (Wildman–Crippen MR) is 81.0 cm³/mol.